The van der Waals surface area contributed by atoms with Crippen molar-refractivity contribution in [2.45, 2.75) is 52.5 Å². The molecule has 1 saturated heterocycles. The van der Waals surface area contributed by atoms with E-state index in [1.807, 2.05) is 38.1 Å². The van der Waals surface area contributed by atoms with Crippen molar-refractivity contribution in [2.24, 2.45) is 0 Å². The summed E-state index contributed by atoms with van der Waals surface area (Å²) in [6, 6.07) is 12.5. The van der Waals surface area contributed by atoms with Crippen LogP contribution in [0, 0.1) is 6.92 Å². The second-order valence-corrected chi connectivity index (χ2v) is 9.62. The molecule has 1 heterocycles. The predicted octanol–water partition coefficient (Wildman–Crippen LogP) is 5.15. The molecule has 6 nitrogen and oxygen atoms in total. The van der Waals surface area contributed by atoms with Gasteiger partial charge in [0.25, 0.3) is 11.7 Å². The van der Waals surface area contributed by atoms with E-state index in [4.69, 9.17) is 9.47 Å². The summed E-state index contributed by atoms with van der Waals surface area (Å²) in [5, 5.41) is 11.3. The highest BCUT2D eigenvalue weighted by molar-refractivity contribution is 6.46. The number of methoxy groups -OCH3 is 1. The predicted molar refractivity (Wildman–Crippen MR) is 133 cm³/mol. The second-order valence-electron chi connectivity index (χ2n) is 9.62. The molecular formula is C28H35NO5. The van der Waals surface area contributed by atoms with Crippen molar-refractivity contribution in [3.63, 3.8) is 0 Å². The Morgan fingerprint density at radius 3 is 2.32 bits per heavy atom. The first-order valence-corrected chi connectivity index (χ1v) is 11.7. The fourth-order valence-electron chi connectivity index (χ4n) is 4.27. The van der Waals surface area contributed by atoms with Crippen molar-refractivity contribution in [1.82, 2.24) is 4.90 Å². The number of carbonyl (C=O) groups is 2. The smallest absolute Gasteiger partial charge is 0.295 e. The molecule has 2 aromatic rings. The van der Waals surface area contributed by atoms with Crippen molar-refractivity contribution < 1.29 is 24.2 Å². The summed E-state index contributed by atoms with van der Waals surface area (Å²) in [7, 11) is 1.60. The SMILES string of the molecule is CCOc1ccc(/C(O)=C2/C(=O)C(=O)N(CCCOC)C2c2ccc(C(C)(C)C)cc2)cc1C. The summed E-state index contributed by atoms with van der Waals surface area (Å²) in [5.41, 5.74) is 3.33. The third-order valence-corrected chi connectivity index (χ3v) is 6.13. The third-order valence-electron chi connectivity index (χ3n) is 6.13. The summed E-state index contributed by atoms with van der Waals surface area (Å²) in [6.45, 7) is 11.5. The number of Topliss-reactive ketones (excluding diaryl/α,β-unsaturated/α-hetero) is 1. The Kier molecular flexibility index (Phi) is 7.82. The molecule has 1 amide bonds. The van der Waals surface area contributed by atoms with Crippen molar-refractivity contribution >= 4 is 17.4 Å². The molecule has 1 fully saturated rings. The van der Waals surface area contributed by atoms with Crippen LogP contribution in [0.3, 0.4) is 0 Å². The number of carbonyl (C=O) groups excluding carboxylic acids is 2. The zero-order chi connectivity index (χ0) is 25.0. The molecule has 1 atom stereocenters. The lowest BCUT2D eigenvalue weighted by atomic mass is 9.85. The number of ketones is 1. The number of likely N-dealkylation sites (tertiary alicyclic amines) is 1. The van der Waals surface area contributed by atoms with Crippen molar-refractivity contribution in [2.75, 3.05) is 26.9 Å². The molecular weight excluding hydrogens is 430 g/mol. The highest BCUT2D eigenvalue weighted by atomic mass is 16.5. The number of aliphatic hydroxyl groups is 1. The Morgan fingerprint density at radius 1 is 1.09 bits per heavy atom. The molecule has 0 radical (unpaired) electrons. The number of amides is 1. The van der Waals surface area contributed by atoms with Crippen molar-refractivity contribution in [1.29, 1.82) is 0 Å². The average Bonchev–Trinajstić information content (AvgIpc) is 3.04. The number of hydrogen-bond acceptors (Lipinski definition) is 5. The van der Waals surface area contributed by atoms with Gasteiger partial charge in [-0.15, -0.1) is 0 Å². The van der Waals surface area contributed by atoms with E-state index in [1.54, 1.807) is 30.2 Å². The van der Waals surface area contributed by atoms with Gasteiger partial charge in [-0.05, 0) is 60.6 Å². The van der Waals surface area contributed by atoms with E-state index >= 15 is 0 Å². The molecule has 0 bridgehead atoms. The lowest BCUT2D eigenvalue weighted by Crippen LogP contribution is -2.31. The van der Waals surface area contributed by atoms with Crippen LogP contribution < -0.4 is 4.74 Å². The maximum Gasteiger partial charge on any atom is 0.295 e. The zero-order valence-corrected chi connectivity index (χ0v) is 21.0. The molecule has 1 N–H and O–H groups in total. The highest BCUT2D eigenvalue weighted by Gasteiger charge is 2.45. The maximum absolute atomic E-state index is 13.2. The average molecular weight is 466 g/mol. The fourth-order valence-corrected chi connectivity index (χ4v) is 4.27. The Labute approximate surface area is 202 Å². The Balaban J connectivity index is 2.11. The molecule has 182 valence electrons. The highest BCUT2D eigenvalue weighted by Crippen LogP contribution is 2.40. The summed E-state index contributed by atoms with van der Waals surface area (Å²) in [5.74, 6) is -0.742. The van der Waals surface area contributed by atoms with E-state index in [-0.39, 0.29) is 16.7 Å². The maximum atomic E-state index is 13.2. The summed E-state index contributed by atoms with van der Waals surface area (Å²) < 4.78 is 10.7. The van der Waals surface area contributed by atoms with Gasteiger partial charge in [0, 0.05) is 25.8 Å². The van der Waals surface area contributed by atoms with Crippen LogP contribution in [-0.2, 0) is 19.7 Å². The molecule has 0 aliphatic carbocycles. The zero-order valence-electron chi connectivity index (χ0n) is 21.0. The molecule has 1 unspecified atom stereocenters. The topological polar surface area (TPSA) is 76.1 Å². The van der Waals surface area contributed by atoms with Gasteiger partial charge in [-0.1, -0.05) is 45.0 Å². The van der Waals surface area contributed by atoms with Crippen molar-refractivity contribution in [3.8, 4) is 5.75 Å². The molecule has 3 rings (SSSR count). The van der Waals surface area contributed by atoms with Gasteiger partial charge in [-0.25, -0.2) is 0 Å². The molecule has 6 heteroatoms. The number of benzene rings is 2. The molecule has 1 aliphatic rings. The van der Waals surface area contributed by atoms with Gasteiger partial charge < -0.3 is 19.5 Å². The van der Waals surface area contributed by atoms with E-state index in [2.05, 4.69) is 20.8 Å². The van der Waals surface area contributed by atoms with E-state index in [0.717, 1.165) is 16.7 Å². The van der Waals surface area contributed by atoms with Crippen LogP contribution in [0.15, 0.2) is 48.0 Å². The number of aliphatic hydroxyl groups excluding tert-OH is 1. The van der Waals surface area contributed by atoms with Gasteiger partial charge in [-0.2, -0.15) is 0 Å². The van der Waals surface area contributed by atoms with Gasteiger partial charge >= 0.3 is 0 Å². The van der Waals surface area contributed by atoms with Crippen LogP contribution >= 0.6 is 0 Å². The van der Waals surface area contributed by atoms with Crippen LogP contribution in [0.5, 0.6) is 5.75 Å². The van der Waals surface area contributed by atoms with Gasteiger partial charge in [0.2, 0.25) is 0 Å². The van der Waals surface area contributed by atoms with E-state index in [0.29, 0.717) is 37.5 Å². The van der Waals surface area contributed by atoms with E-state index in [9.17, 15) is 14.7 Å². The van der Waals surface area contributed by atoms with Gasteiger partial charge in [0.1, 0.15) is 11.5 Å². The molecule has 0 saturated carbocycles. The first-order valence-electron chi connectivity index (χ1n) is 11.7. The summed E-state index contributed by atoms with van der Waals surface area (Å²) in [4.78, 5) is 27.7. The van der Waals surface area contributed by atoms with Gasteiger partial charge in [-0.3, -0.25) is 9.59 Å². The fraction of sp³-hybridized carbons (Fsp3) is 0.429. The van der Waals surface area contributed by atoms with Crippen molar-refractivity contribution in [3.05, 3.63) is 70.3 Å². The normalized spacial score (nSPS) is 17.9. The minimum Gasteiger partial charge on any atom is -0.507 e. The van der Waals surface area contributed by atoms with Crippen LogP contribution in [0.2, 0.25) is 0 Å². The quantitative estimate of drug-likeness (QED) is 0.253. The lowest BCUT2D eigenvalue weighted by Gasteiger charge is -2.26. The van der Waals surface area contributed by atoms with Crippen LogP contribution in [0.1, 0.15) is 62.4 Å². The second kappa shape index (κ2) is 10.4. The van der Waals surface area contributed by atoms with Gasteiger partial charge in [0.05, 0.1) is 18.2 Å². The molecule has 1 aliphatic heterocycles. The molecule has 0 spiro atoms. The van der Waals surface area contributed by atoms with E-state index in [1.165, 1.54) is 0 Å². The minimum absolute atomic E-state index is 0.0291. The first kappa shape index (κ1) is 25.5. The number of nitrogens with zero attached hydrogens (tertiary/aromatic N) is 1. The first-order chi connectivity index (χ1) is 16.1. The minimum atomic E-state index is -0.675. The molecule has 2 aromatic carbocycles. The van der Waals surface area contributed by atoms with E-state index < -0.39 is 17.7 Å². The van der Waals surface area contributed by atoms with Gasteiger partial charge in [0.15, 0.2) is 0 Å². The van der Waals surface area contributed by atoms with Crippen LogP contribution in [-0.4, -0.2) is 48.6 Å². The van der Waals surface area contributed by atoms with Crippen LogP contribution in [0.25, 0.3) is 5.76 Å². The Morgan fingerprint density at radius 2 is 1.76 bits per heavy atom. The Bertz CT molecular complexity index is 1080. The summed E-state index contributed by atoms with van der Waals surface area (Å²) >= 11 is 0. The number of hydrogen-bond donors (Lipinski definition) is 1. The molecule has 0 aromatic heterocycles. The number of rotatable bonds is 8. The number of ether oxygens (including phenoxy) is 2. The monoisotopic (exact) mass is 465 g/mol. The lowest BCUT2D eigenvalue weighted by molar-refractivity contribution is -0.140. The standard InChI is InChI=1S/C28H35NO5/c1-7-34-22-14-11-20(17-18(22)2)25(30)23-24(19-9-12-21(13-10-19)28(3,4)5)29(15-8-16-33-6)27(32)26(23)31/h9-14,17,24,30H,7-8,15-16H2,1-6H3/b25-23-. The molecule has 34 heavy (non-hydrogen) atoms. The Hall–Kier alpha value is -3.12. The summed E-state index contributed by atoms with van der Waals surface area (Å²) in [6.07, 6.45) is 0.586. The largest absolute Gasteiger partial charge is 0.507 e. The van der Waals surface area contributed by atoms with Crippen LogP contribution in [0.4, 0.5) is 0 Å². The third kappa shape index (κ3) is 5.17. The number of aryl methyl sites for hydroxylation is 1.